The summed E-state index contributed by atoms with van der Waals surface area (Å²) in [5.41, 5.74) is 0. The number of aliphatic hydroxyl groups excluding tert-OH is 1. The van der Waals surface area contributed by atoms with Gasteiger partial charge in [-0.2, -0.15) is 0 Å². The molecule has 0 heterocycles. The second-order valence-electron chi connectivity index (χ2n) is 11.6. The van der Waals surface area contributed by atoms with Crippen LogP contribution in [0.3, 0.4) is 0 Å². The molecular weight excluding hydrogens is 548 g/mol. The fourth-order valence-corrected chi connectivity index (χ4v) is 4.54. The molecule has 0 aliphatic rings. The van der Waals surface area contributed by atoms with Gasteiger partial charge in [-0.05, 0) is 77.0 Å². The van der Waals surface area contributed by atoms with E-state index in [-0.39, 0.29) is 25.2 Å². The molecule has 0 spiro atoms. The molecule has 0 amide bonds. The SMILES string of the molecule is CC/C=C/C/C=C/C/C=C/CCCCCCCC(=O)OC[C@@H](O)COC(=O)CCCCCCC/C=C/C/C=C/CCCCC. The van der Waals surface area contributed by atoms with Gasteiger partial charge in [-0.3, -0.25) is 9.59 Å². The summed E-state index contributed by atoms with van der Waals surface area (Å²) in [6.45, 7) is 4.12. The van der Waals surface area contributed by atoms with E-state index in [2.05, 4.69) is 74.6 Å². The molecule has 5 heteroatoms. The molecular formula is C39H66O5. The van der Waals surface area contributed by atoms with Crippen LogP contribution in [0.1, 0.15) is 155 Å². The molecule has 0 bridgehead atoms. The summed E-state index contributed by atoms with van der Waals surface area (Å²) in [5, 5.41) is 9.98. The Bertz CT molecular complexity index is 792. The summed E-state index contributed by atoms with van der Waals surface area (Å²) in [4.78, 5) is 23.8. The van der Waals surface area contributed by atoms with E-state index in [4.69, 9.17) is 9.47 Å². The molecule has 0 saturated heterocycles. The van der Waals surface area contributed by atoms with Crippen molar-refractivity contribution in [1.82, 2.24) is 0 Å². The van der Waals surface area contributed by atoms with Gasteiger partial charge in [-0.15, -0.1) is 0 Å². The smallest absolute Gasteiger partial charge is 0.305 e. The molecule has 0 rings (SSSR count). The van der Waals surface area contributed by atoms with Crippen LogP contribution in [0.15, 0.2) is 60.8 Å². The average Bonchev–Trinajstić information content (AvgIpc) is 3.02. The Kier molecular flexibility index (Phi) is 33.2. The zero-order valence-electron chi connectivity index (χ0n) is 28.4. The van der Waals surface area contributed by atoms with Gasteiger partial charge >= 0.3 is 11.9 Å². The van der Waals surface area contributed by atoms with Crippen molar-refractivity contribution in [1.29, 1.82) is 0 Å². The first-order valence-electron chi connectivity index (χ1n) is 17.8. The lowest BCUT2D eigenvalue weighted by atomic mass is 10.1. The zero-order valence-corrected chi connectivity index (χ0v) is 28.4. The van der Waals surface area contributed by atoms with Crippen LogP contribution < -0.4 is 0 Å². The molecule has 0 aliphatic heterocycles. The number of allylic oxidation sites excluding steroid dienone is 10. The highest BCUT2D eigenvalue weighted by atomic mass is 16.6. The van der Waals surface area contributed by atoms with E-state index in [1.165, 1.54) is 44.9 Å². The predicted molar refractivity (Wildman–Crippen MR) is 187 cm³/mol. The number of ether oxygens (including phenoxy) is 2. The molecule has 0 unspecified atom stereocenters. The Morgan fingerprint density at radius 2 is 0.864 bits per heavy atom. The fraction of sp³-hybridized carbons (Fsp3) is 0.692. The minimum atomic E-state index is -0.978. The summed E-state index contributed by atoms with van der Waals surface area (Å²) in [7, 11) is 0. The molecule has 0 fully saturated rings. The van der Waals surface area contributed by atoms with E-state index in [0.717, 1.165) is 83.5 Å². The Morgan fingerprint density at radius 3 is 1.30 bits per heavy atom. The molecule has 0 aromatic rings. The van der Waals surface area contributed by atoms with Gasteiger partial charge in [-0.1, -0.05) is 126 Å². The molecule has 0 saturated carbocycles. The largest absolute Gasteiger partial charge is 0.463 e. The van der Waals surface area contributed by atoms with Crippen LogP contribution in [0.4, 0.5) is 0 Å². The number of carbonyl (C=O) groups excluding carboxylic acids is 2. The van der Waals surface area contributed by atoms with Crippen LogP contribution in [0.25, 0.3) is 0 Å². The topological polar surface area (TPSA) is 72.8 Å². The van der Waals surface area contributed by atoms with E-state index < -0.39 is 6.10 Å². The number of aliphatic hydroxyl groups is 1. The van der Waals surface area contributed by atoms with Gasteiger partial charge in [0.2, 0.25) is 0 Å². The zero-order chi connectivity index (χ0) is 32.2. The highest BCUT2D eigenvalue weighted by molar-refractivity contribution is 5.69. The van der Waals surface area contributed by atoms with Crippen LogP contribution in [-0.2, 0) is 19.1 Å². The molecule has 1 atom stereocenters. The van der Waals surface area contributed by atoms with Gasteiger partial charge in [0, 0.05) is 12.8 Å². The van der Waals surface area contributed by atoms with Crippen LogP contribution in [-0.4, -0.2) is 36.4 Å². The monoisotopic (exact) mass is 614 g/mol. The minimum Gasteiger partial charge on any atom is -0.463 e. The highest BCUT2D eigenvalue weighted by Gasteiger charge is 2.12. The summed E-state index contributed by atoms with van der Waals surface area (Å²) in [6, 6.07) is 0. The lowest BCUT2D eigenvalue weighted by Gasteiger charge is -2.12. The number of unbranched alkanes of at least 4 members (excludes halogenated alkanes) is 13. The van der Waals surface area contributed by atoms with Gasteiger partial charge in [0.15, 0.2) is 0 Å². The molecule has 0 aliphatic carbocycles. The second-order valence-corrected chi connectivity index (χ2v) is 11.6. The Hall–Kier alpha value is -2.40. The summed E-state index contributed by atoms with van der Waals surface area (Å²) in [5.74, 6) is -0.606. The normalized spacial score (nSPS) is 12.9. The van der Waals surface area contributed by atoms with Crippen molar-refractivity contribution in [3.8, 4) is 0 Å². The quantitative estimate of drug-likeness (QED) is 0.0478. The molecule has 0 aromatic carbocycles. The number of esters is 2. The first kappa shape index (κ1) is 41.6. The van der Waals surface area contributed by atoms with Crippen molar-refractivity contribution in [3.63, 3.8) is 0 Å². The second kappa shape index (κ2) is 35.1. The third-order valence-corrected chi connectivity index (χ3v) is 7.24. The summed E-state index contributed by atoms with van der Waals surface area (Å²) < 4.78 is 10.3. The Morgan fingerprint density at radius 1 is 0.500 bits per heavy atom. The van der Waals surface area contributed by atoms with Crippen molar-refractivity contribution >= 4 is 11.9 Å². The molecule has 44 heavy (non-hydrogen) atoms. The number of carbonyl (C=O) groups is 2. The van der Waals surface area contributed by atoms with Gasteiger partial charge in [0.05, 0.1) is 0 Å². The van der Waals surface area contributed by atoms with Crippen LogP contribution in [0.5, 0.6) is 0 Å². The highest BCUT2D eigenvalue weighted by Crippen LogP contribution is 2.10. The van der Waals surface area contributed by atoms with Gasteiger partial charge in [0.1, 0.15) is 19.3 Å². The molecule has 5 nitrogen and oxygen atoms in total. The van der Waals surface area contributed by atoms with E-state index in [0.29, 0.717) is 12.8 Å². The molecule has 252 valence electrons. The first-order chi connectivity index (χ1) is 21.6. The van der Waals surface area contributed by atoms with Crippen LogP contribution in [0.2, 0.25) is 0 Å². The third-order valence-electron chi connectivity index (χ3n) is 7.24. The lowest BCUT2D eigenvalue weighted by molar-refractivity contribution is -0.152. The number of rotatable bonds is 31. The number of hydrogen-bond donors (Lipinski definition) is 1. The maximum absolute atomic E-state index is 11.9. The Labute approximate surface area is 271 Å². The average molecular weight is 615 g/mol. The van der Waals surface area contributed by atoms with Crippen LogP contribution in [0, 0.1) is 0 Å². The van der Waals surface area contributed by atoms with Gasteiger partial charge in [-0.25, -0.2) is 0 Å². The molecule has 1 N–H and O–H groups in total. The van der Waals surface area contributed by atoms with Crippen molar-refractivity contribution in [2.75, 3.05) is 13.2 Å². The van der Waals surface area contributed by atoms with Crippen molar-refractivity contribution in [2.24, 2.45) is 0 Å². The maximum atomic E-state index is 11.9. The van der Waals surface area contributed by atoms with E-state index in [1.54, 1.807) is 0 Å². The maximum Gasteiger partial charge on any atom is 0.305 e. The summed E-state index contributed by atoms with van der Waals surface area (Å²) in [6.07, 6.45) is 44.1. The molecule has 0 aromatic heterocycles. The molecule has 0 radical (unpaired) electrons. The van der Waals surface area contributed by atoms with Crippen molar-refractivity contribution in [3.05, 3.63) is 60.8 Å². The van der Waals surface area contributed by atoms with Crippen LogP contribution >= 0.6 is 0 Å². The minimum absolute atomic E-state index is 0.132. The van der Waals surface area contributed by atoms with E-state index in [1.807, 2.05) is 0 Å². The van der Waals surface area contributed by atoms with Crippen molar-refractivity contribution < 1.29 is 24.2 Å². The lowest BCUT2D eigenvalue weighted by Crippen LogP contribution is -2.25. The predicted octanol–water partition coefficient (Wildman–Crippen LogP) is 10.8. The van der Waals surface area contributed by atoms with Gasteiger partial charge < -0.3 is 14.6 Å². The standard InChI is InChI=1S/C39H66O5/c1-3-5-7-9-11-13-15-17-19-21-23-25-27-29-31-33-38(41)43-35-37(40)36-44-39(42)34-32-30-28-26-24-22-20-18-16-14-12-10-8-6-4-2/h5,7,11-14,17-20,37,40H,3-4,6,8-10,15-16,21-36H2,1-2H3/b7-5+,13-11+,14-12+,19-17+,20-18+/t37-/m1/s1. The summed E-state index contributed by atoms with van der Waals surface area (Å²) >= 11 is 0. The Balaban J connectivity index is 3.52. The van der Waals surface area contributed by atoms with E-state index in [9.17, 15) is 14.7 Å². The fourth-order valence-electron chi connectivity index (χ4n) is 4.54. The van der Waals surface area contributed by atoms with Crippen molar-refractivity contribution in [2.45, 2.75) is 161 Å². The number of hydrogen-bond acceptors (Lipinski definition) is 5. The first-order valence-corrected chi connectivity index (χ1v) is 17.8. The van der Waals surface area contributed by atoms with Gasteiger partial charge in [0.25, 0.3) is 0 Å². The van der Waals surface area contributed by atoms with E-state index >= 15 is 0 Å². The third kappa shape index (κ3) is 34.1.